The van der Waals surface area contributed by atoms with Crippen LogP contribution in [0.4, 0.5) is 0 Å². The summed E-state index contributed by atoms with van der Waals surface area (Å²) in [7, 11) is -3.84. The highest BCUT2D eigenvalue weighted by Crippen LogP contribution is 2.32. The van der Waals surface area contributed by atoms with Crippen molar-refractivity contribution in [1.29, 1.82) is 0 Å². The van der Waals surface area contributed by atoms with E-state index in [-0.39, 0.29) is 47.6 Å². The molecule has 2 heterocycles. The fraction of sp³-hybridized carbons (Fsp3) is 0.300. The average molecular weight is 497 g/mol. The Morgan fingerprint density at radius 2 is 1.81 bits per heavy atom. The summed E-state index contributed by atoms with van der Waals surface area (Å²) in [5.41, 5.74) is 0.0381. The van der Waals surface area contributed by atoms with Gasteiger partial charge in [0, 0.05) is 13.1 Å². The number of benzene rings is 2. The lowest BCUT2D eigenvalue weighted by Gasteiger charge is -2.30. The molecule has 0 radical (unpaired) electrons. The third-order valence-corrected chi connectivity index (χ3v) is 8.15. The van der Waals surface area contributed by atoms with Crippen LogP contribution in [0.5, 0.6) is 0 Å². The summed E-state index contributed by atoms with van der Waals surface area (Å²) >= 11 is 12.0. The number of fused-ring (bicyclic) bond motifs is 1. The van der Waals surface area contributed by atoms with Crippen LogP contribution in [-0.2, 0) is 26.3 Å². The minimum atomic E-state index is -3.84. The number of hydrogen-bond donors (Lipinski definition) is 0. The van der Waals surface area contributed by atoms with Crippen molar-refractivity contribution in [1.82, 2.24) is 19.3 Å². The van der Waals surface area contributed by atoms with Crippen LogP contribution in [0.2, 0.25) is 10.0 Å². The predicted molar refractivity (Wildman–Crippen MR) is 118 cm³/mol. The van der Waals surface area contributed by atoms with Crippen molar-refractivity contribution in [2.75, 3.05) is 13.1 Å². The molecule has 1 aliphatic rings. The highest BCUT2D eigenvalue weighted by Gasteiger charge is 2.34. The number of halogens is 2. The highest BCUT2D eigenvalue weighted by atomic mass is 35.5. The van der Waals surface area contributed by atoms with Gasteiger partial charge >= 0.3 is 5.97 Å². The Kier molecular flexibility index (Phi) is 6.47. The van der Waals surface area contributed by atoms with Gasteiger partial charge in [0.15, 0.2) is 6.73 Å². The van der Waals surface area contributed by atoms with Crippen molar-refractivity contribution in [3.63, 3.8) is 0 Å². The first-order valence-corrected chi connectivity index (χ1v) is 11.9. The molecule has 0 N–H and O–H groups in total. The maximum Gasteiger partial charge on any atom is 0.310 e. The lowest BCUT2D eigenvalue weighted by molar-refractivity contribution is -0.154. The van der Waals surface area contributed by atoms with Crippen molar-refractivity contribution in [2.24, 2.45) is 5.92 Å². The number of nitrogens with zero attached hydrogens (tertiary/aromatic N) is 4. The molecule has 0 unspecified atom stereocenters. The van der Waals surface area contributed by atoms with Gasteiger partial charge in [0.25, 0.3) is 5.56 Å². The molecule has 2 aromatic carbocycles. The topological polar surface area (TPSA) is 111 Å². The molecule has 32 heavy (non-hydrogen) atoms. The molecule has 0 amide bonds. The first-order chi connectivity index (χ1) is 15.3. The molecule has 0 spiro atoms. The van der Waals surface area contributed by atoms with E-state index in [0.717, 1.165) is 4.68 Å². The molecule has 1 aliphatic heterocycles. The van der Waals surface area contributed by atoms with E-state index in [2.05, 4.69) is 10.3 Å². The van der Waals surface area contributed by atoms with Crippen LogP contribution < -0.4 is 5.56 Å². The van der Waals surface area contributed by atoms with Crippen LogP contribution in [0, 0.1) is 5.92 Å². The second kappa shape index (κ2) is 9.14. The van der Waals surface area contributed by atoms with E-state index in [0.29, 0.717) is 10.9 Å². The summed E-state index contributed by atoms with van der Waals surface area (Å²) in [4.78, 5) is 24.8. The van der Waals surface area contributed by atoms with Gasteiger partial charge in [-0.1, -0.05) is 46.6 Å². The van der Waals surface area contributed by atoms with Crippen LogP contribution in [0.25, 0.3) is 10.9 Å². The second-order valence-corrected chi connectivity index (χ2v) is 9.93. The minimum Gasteiger partial charge on any atom is -0.442 e. The van der Waals surface area contributed by atoms with Crippen LogP contribution in [0.15, 0.2) is 52.2 Å². The van der Waals surface area contributed by atoms with Gasteiger partial charge in [-0.05, 0) is 37.1 Å². The standard InChI is InChI=1S/C20H18Cl2N4O5S/c21-15-5-3-7-17(18(15)22)32(29,30)25-10-8-13(9-11-25)20(28)31-12-26-19(27)14-4-1-2-6-16(14)23-24-26/h1-7,13H,8-12H2. The van der Waals surface area contributed by atoms with Crippen LogP contribution in [0.3, 0.4) is 0 Å². The Bertz CT molecular complexity index is 1340. The molecule has 0 saturated carbocycles. The zero-order valence-corrected chi connectivity index (χ0v) is 19.0. The van der Waals surface area contributed by atoms with E-state index in [4.69, 9.17) is 27.9 Å². The third-order valence-electron chi connectivity index (χ3n) is 5.28. The Morgan fingerprint density at radius 1 is 1.09 bits per heavy atom. The summed E-state index contributed by atoms with van der Waals surface area (Å²) in [6, 6.07) is 11.2. The normalized spacial score (nSPS) is 15.7. The van der Waals surface area contributed by atoms with Crippen LogP contribution in [0.1, 0.15) is 12.8 Å². The van der Waals surface area contributed by atoms with Crippen molar-refractivity contribution in [2.45, 2.75) is 24.5 Å². The number of aromatic nitrogens is 3. The van der Waals surface area contributed by atoms with E-state index >= 15 is 0 Å². The van der Waals surface area contributed by atoms with Gasteiger partial charge in [-0.25, -0.2) is 8.42 Å². The number of rotatable bonds is 5. The highest BCUT2D eigenvalue weighted by molar-refractivity contribution is 7.89. The summed E-state index contributed by atoms with van der Waals surface area (Å²) in [6.45, 7) is -0.118. The zero-order chi connectivity index (χ0) is 22.9. The molecule has 9 nitrogen and oxygen atoms in total. The largest absolute Gasteiger partial charge is 0.442 e. The monoisotopic (exact) mass is 496 g/mol. The van der Waals surface area contributed by atoms with Gasteiger partial charge in [0.1, 0.15) is 10.4 Å². The maximum absolute atomic E-state index is 12.9. The zero-order valence-electron chi connectivity index (χ0n) is 16.6. The number of hydrogen-bond acceptors (Lipinski definition) is 7. The number of carbonyl (C=O) groups excluding carboxylic acids is 1. The number of carbonyl (C=O) groups is 1. The van der Waals surface area contributed by atoms with Gasteiger partial charge in [-0.15, -0.1) is 5.10 Å². The Hall–Kier alpha value is -2.53. The smallest absolute Gasteiger partial charge is 0.310 e. The summed E-state index contributed by atoms with van der Waals surface area (Å²) in [5.74, 6) is -1.02. The summed E-state index contributed by atoms with van der Waals surface area (Å²) < 4.78 is 33.3. The lowest BCUT2D eigenvalue weighted by atomic mass is 9.99. The van der Waals surface area contributed by atoms with Crippen LogP contribution in [-0.4, -0.2) is 46.8 Å². The number of sulfonamides is 1. The molecular weight excluding hydrogens is 479 g/mol. The molecule has 0 atom stereocenters. The molecule has 168 valence electrons. The van der Waals surface area contributed by atoms with Crippen molar-refractivity contribution < 1.29 is 17.9 Å². The van der Waals surface area contributed by atoms with Gasteiger partial charge < -0.3 is 4.74 Å². The molecule has 1 fully saturated rings. The SMILES string of the molecule is O=C(OCn1nnc2ccccc2c1=O)C1CCN(S(=O)(=O)c2cccc(Cl)c2Cl)CC1. The van der Waals surface area contributed by atoms with Gasteiger partial charge in [-0.2, -0.15) is 8.99 Å². The molecular formula is C20H18Cl2N4O5S. The molecule has 3 aromatic rings. The number of ether oxygens (including phenoxy) is 1. The Morgan fingerprint density at radius 3 is 2.56 bits per heavy atom. The maximum atomic E-state index is 12.9. The third kappa shape index (κ3) is 4.36. The van der Waals surface area contributed by atoms with Gasteiger partial charge in [0.05, 0.1) is 21.3 Å². The summed E-state index contributed by atoms with van der Waals surface area (Å²) in [5, 5.41) is 8.22. The van der Waals surface area contributed by atoms with E-state index in [1.54, 1.807) is 24.3 Å². The fourth-order valence-electron chi connectivity index (χ4n) is 3.50. The van der Waals surface area contributed by atoms with E-state index in [1.165, 1.54) is 22.5 Å². The van der Waals surface area contributed by atoms with Crippen molar-refractivity contribution in [3.05, 3.63) is 62.9 Å². The van der Waals surface area contributed by atoms with Crippen molar-refractivity contribution in [3.8, 4) is 0 Å². The minimum absolute atomic E-state index is 0.0300. The average Bonchev–Trinajstić information content (AvgIpc) is 2.80. The molecule has 1 saturated heterocycles. The van der Waals surface area contributed by atoms with Crippen LogP contribution >= 0.6 is 23.2 Å². The Balaban J connectivity index is 1.38. The second-order valence-electron chi connectivity index (χ2n) is 7.23. The quantitative estimate of drug-likeness (QED) is 0.499. The predicted octanol–water partition coefficient (Wildman–Crippen LogP) is 2.70. The first-order valence-electron chi connectivity index (χ1n) is 9.72. The number of esters is 1. The van der Waals surface area contributed by atoms with E-state index in [1.807, 2.05) is 0 Å². The first kappa shape index (κ1) is 22.7. The molecule has 0 bridgehead atoms. The lowest BCUT2D eigenvalue weighted by Crippen LogP contribution is -2.41. The molecule has 0 aliphatic carbocycles. The van der Waals surface area contributed by atoms with E-state index < -0.39 is 27.5 Å². The summed E-state index contributed by atoms with van der Waals surface area (Å²) in [6.07, 6.45) is 0.545. The Labute approximate surface area is 193 Å². The molecule has 1 aromatic heterocycles. The number of piperidine rings is 1. The van der Waals surface area contributed by atoms with Gasteiger partial charge in [-0.3, -0.25) is 9.59 Å². The van der Waals surface area contributed by atoms with Crippen molar-refractivity contribution >= 4 is 50.1 Å². The van der Waals surface area contributed by atoms with E-state index in [9.17, 15) is 18.0 Å². The molecule has 4 rings (SSSR count). The fourth-order valence-corrected chi connectivity index (χ4v) is 5.71. The van der Waals surface area contributed by atoms with Gasteiger partial charge in [0.2, 0.25) is 10.0 Å². The molecule has 12 heteroatoms.